The second-order valence-corrected chi connectivity index (χ2v) is 4.27. The van der Waals surface area contributed by atoms with Crippen molar-refractivity contribution in [2.45, 2.75) is 19.9 Å². The topological polar surface area (TPSA) is 70.4 Å². The standard InChI is InChI=1S/C13H26N4O3/c1-3-14-5-8-19-10-11-20-9-6-17-13(4-7-18-2)12-15-16-17/h12,14H,3-11H2,1-2H3. The lowest BCUT2D eigenvalue weighted by Crippen LogP contribution is -2.20. The van der Waals surface area contributed by atoms with Gasteiger partial charge in [-0.1, -0.05) is 12.1 Å². The van der Waals surface area contributed by atoms with Crippen molar-refractivity contribution in [3.63, 3.8) is 0 Å². The third-order valence-corrected chi connectivity index (χ3v) is 2.75. The monoisotopic (exact) mass is 286 g/mol. The molecule has 0 aromatic carbocycles. The van der Waals surface area contributed by atoms with Gasteiger partial charge in [-0.2, -0.15) is 0 Å². The quantitative estimate of drug-likeness (QED) is 0.519. The van der Waals surface area contributed by atoms with E-state index in [1.54, 1.807) is 13.3 Å². The average molecular weight is 286 g/mol. The van der Waals surface area contributed by atoms with E-state index >= 15 is 0 Å². The molecule has 0 amide bonds. The van der Waals surface area contributed by atoms with Gasteiger partial charge in [-0.05, 0) is 6.54 Å². The Bertz CT molecular complexity index is 333. The highest BCUT2D eigenvalue weighted by molar-refractivity contribution is 4.93. The van der Waals surface area contributed by atoms with Crippen molar-refractivity contribution in [2.24, 2.45) is 0 Å². The zero-order chi connectivity index (χ0) is 14.5. The predicted molar refractivity (Wildman–Crippen MR) is 75.8 cm³/mol. The summed E-state index contributed by atoms with van der Waals surface area (Å²) in [5.41, 5.74) is 1.07. The Morgan fingerprint density at radius 2 is 1.95 bits per heavy atom. The van der Waals surface area contributed by atoms with Crippen LogP contribution in [0.3, 0.4) is 0 Å². The van der Waals surface area contributed by atoms with Crippen LogP contribution in [0, 0.1) is 0 Å². The molecule has 0 radical (unpaired) electrons. The molecule has 0 aliphatic carbocycles. The van der Waals surface area contributed by atoms with Crippen molar-refractivity contribution in [3.05, 3.63) is 11.9 Å². The van der Waals surface area contributed by atoms with Gasteiger partial charge in [0.2, 0.25) is 0 Å². The van der Waals surface area contributed by atoms with Gasteiger partial charge in [0.05, 0.1) is 51.5 Å². The van der Waals surface area contributed by atoms with Crippen LogP contribution in [0.2, 0.25) is 0 Å². The second kappa shape index (κ2) is 11.8. The van der Waals surface area contributed by atoms with Crippen LogP contribution in [0.25, 0.3) is 0 Å². The molecular weight excluding hydrogens is 260 g/mol. The molecule has 0 atom stereocenters. The zero-order valence-corrected chi connectivity index (χ0v) is 12.5. The number of nitrogens with zero attached hydrogens (tertiary/aromatic N) is 3. The minimum atomic E-state index is 0.605. The lowest BCUT2D eigenvalue weighted by Gasteiger charge is -2.08. The summed E-state index contributed by atoms with van der Waals surface area (Å²) in [5, 5.41) is 11.1. The number of hydrogen-bond acceptors (Lipinski definition) is 6. The maximum absolute atomic E-state index is 5.51. The molecule has 0 fully saturated rings. The highest BCUT2D eigenvalue weighted by atomic mass is 16.5. The van der Waals surface area contributed by atoms with Crippen molar-refractivity contribution in [2.75, 3.05) is 53.2 Å². The Hall–Kier alpha value is -1.02. The van der Waals surface area contributed by atoms with Crippen molar-refractivity contribution in [3.8, 4) is 0 Å². The first kappa shape index (κ1) is 17.0. The summed E-state index contributed by atoms with van der Waals surface area (Å²) in [5.74, 6) is 0. The molecule has 0 aliphatic rings. The smallest absolute Gasteiger partial charge is 0.0726 e. The third-order valence-electron chi connectivity index (χ3n) is 2.75. The van der Waals surface area contributed by atoms with E-state index in [9.17, 15) is 0 Å². The van der Waals surface area contributed by atoms with E-state index in [-0.39, 0.29) is 0 Å². The van der Waals surface area contributed by atoms with E-state index in [0.29, 0.717) is 33.0 Å². The number of ether oxygens (including phenoxy) is 3. The minimum Gasteiger partial charge on any atom is -0.384 e. The molecule has 1 rings (SSSR count). The maximum Gasteiger partial charge on any atom is 0.0726 e. The van der Waals surface area contributed by atoms with Crippen molar-refractivity contribution in [1.29, 1.82) is 0 Å². The van der Waals surface area contributed by atoms with Gasteiger partial charge in [-0.25, -0.2) is 4.68 Å². The summed E-state index contributed by atoms with van der Waals surface area (Å²) in [7, 11) is 1.69. The summed E-state index contributed by atoms with van der Waals surface area (Å²) in [6, 6.07) is 0. The molecular formula is C13H26N4O3. The summed E-state index contributed by atoms with van der Waals surface area (Å²) < 4.78 is 17.8. The first-order chi connectivity index (χ1) is 9.88. The number of methoxy groups -OCH3 is 1. The highest BCUT2D eigenvalue weighted by Gasteiger charge is 2.03. The molecule has 1 N–H and O–H groups in total. The summed E-state index contributed by atoms with van der Waals surface area (Å²) in [6.07, 6.45) is 2.58. The van der Waals surface area contributed by atoms with Crippen LogP contribution in [0.15, 0.2) is 6.20 Å². The number of hydrogen-bond donors (Lipinski definition) is 1. The summed E-state index contributed by atoms with van der Waals surface area (Å²) >= 11 is 0. The Labute approximate surface area is 120 Å². The van der Waals surface area contributed by atoms with Gasteiger partial charge in [0.1, 0.15) is 0 Å². The lowest BCUT2D eigenvalue weighted by molar-refractivity contribution is 0.0447. The molecule has 0 bridgehead atoms. The van der Waals surface area contributed by atoms with Gasteiger partial charge >= 0.3 is 0 Å². The van der Waals surface area contributed by atoms with Gasteiger partial charge in [0.15, 0.2) is 0 Å². The molecule has 0 saturated carbocycles. The highest BCUT2D eigenvalue weighted by Crippen LogP contribution is 1.98. The fourth-order valence-corrected chi connectivity index (χ4v) is 1.66. The summed E-state index contributed by atoms with van der Waals surface area (Å²) in [4.78, 5) is 0. The van der Waals surface area contributed by atoms with Crippen molar-refractivity contribution < 1.29 is 14.2 Å². The minimum absolute atomic E-state index is 0.605. The largest absolute Gasteiger partial charge is 0.384 e. The van der Waals surface area contributed by atoms with Crippen LogP contribution in [-0.4, -0.2) is 68.2 Å². The van der Waals surface area contributed by atoms with Gasteiger partial charge < -0.3 is 19.5 Å². The van der Waals surface area contributed by atoms with E-state index < -0.39 is 0 Å². The molecule has 0 aliphatic heterocycles. The number of nitrogens with one attached hydrogen (secondary N) is 1. The molecule has 1 heterocycles. The molecule has 1 aromatic heterocycles. The van der Waals surface area contributed by atoms with E-state index in [1.165, 1.54) is 0 Å². The van der Waals surface area contributed by atoms with E-state index in [4.69, 9.17) is 14.2 Å². The third kappa shape index (κ3) is 7.54. The van der Waals surface area contributed by atoms with Crippen LogP contribution in [0.5, 0.6) is 0 Å². The normalized spacial score (nSPS) is 11.1. The number of likely N-dealkylation sites (N-methyl/N-ethyl adjacent to an activating group) is 1. The average Bonchev–Trinajstić information content (AvgIpc) is 2.91. The lowest BCUT2D eigenvalue weighted by atomic mass is 10.3. The Kier molecular flexibility index (Phi) is 10.0. The Morgan fingerprint density at radius 3 is 2.70 bits per heavy atom. The fourth-order valence-electron chi connectivity index (χ4n) is 1.66. The molecule has 0 saturated heterocycles. The predicted octanol–water partition coefficient (Wildman–Crippen LogP) is 0.110. The SMILES string of the molecule is CCNCCOCCOCCn1nncc1CCOC. The Morgan fingerprint density at radius 1 is 1.15 bits per heavy atom. The molecule has 7 heteroatoms. The van der Waals surface area contributed by atoms with Crippen LogP contribution in [0.1, 0.15) is 12.6 Å². The number of rotatable bonds is 13. The Balaban J connectivity index is 1.99. The van der Waals surface area contributed by atoms with Crippen molar-refractivity contribution in [1.82, 2.24) is 20.3 Å². The zero-order valence-electron chi connectivity index (χ0n) is 12.5. The van der Waals surface area contributed by atoms with Gasteiger partial charge in [-0.3, -0.25) is 0 Å². The molecule has 116 valence electrons. The van der Waals surface area contributed by atoms with E-state index in [2.05, 4.69) is 22.6 Å². The molecule has 0 spiro atoms. The molecule has 1 aromatic rings. The fraction of sp³-hybridized carbons (Fsp3) is 0.846. The van der Waals surface area contributed by atoms with Gasteiger partial charge in [-0.15, -0.1) is 5.10 Å². The second-order valence-electron chi connectivity index (χ2n) is 4.27. The van der Waals surface area contributed by atoms with E-state index in [1.807, 2.05) is 4.68 Å². The first-order valence-electron chi connectivity index (χ1n) is 7.11. The molecule has 0 unspecified atom stereocenters. The molecule has 20 heavy (non-hydrogen) atoms. The van der Waals surface area contributed by atoms with Crippen LogP contribution >= 0.6 is 0 Å². The van der Waals surface area contributed by atoms with Gasteiger partial charge in [0.25, 0.3) is 0 Å². The van der Waals surface area contributed by atoms with Crippen LogP contribution in [0.4, 0.5) is 0 Å². The number of aromatic nitrogens is 3. The van der Waals surface area contributed by atoms with Crippen LogP contribution in [-0.2, 0) is 27.2 Å². The molecule has 7 nitrogen and oxygen atoms in total. The van der Waals surface area contributed by atoms with Crippen LogP contribution < -0.4 is 5.32 Å². The maximum atomic E-state index is 5.51. The van der Waals surface area contributed by atoms with Gasteiger partial charge in [0, 0.05) is 20.1 Å². The summed E-state index contributed by atoms with van der Waals surface area (Å²) in [6.45, 7) is 7.88. The van der Waals surface area contributed by atoms with E-state index in [0.717, 1.165) is 31.8 Å². The van der Waals surface area contributed by atoms with Crippen molar-refractivity contribution >= 4 is 0 Å². The first-order valence-corrected chi connectivity index (χ1v) is 7.11.